The summed E-state index contributed by atoms with van der Waals surface area (Å²) < 4.78 is 48.6. The molecule has 0 bridgehead atoms. The Bertz CT molecular complexity index is 1330. The Kier molecular flexibility index (Phi) is 5.50. The van der Waals surface area contributed by atoms with E-state index in [4.69, 9.17) is 4.74 Å². The molecule has 10 heteroatoms. The van der Waals surface area contributed by atoms with Crippen LogP contribution in [0.3, 0.4) is 0 Å². The van der Waals surface area contributed by atoms with Crippen molar-refractivity contribution in [3.05, 3.63) is 94.5 Å². The summed E-state index contributed by atoms with van der Waals surface area (Å²) in [5, 5.41) is 6.30. The van der Waals surface area contributed by atoms with Crippen LogP contribution in [-0.4, -0.2) is 16.0 Å². The highest BCUT2D eigenvalue weighted by atomic mass is 19.4. The molecule has 7 nitrogen and oxygen atoms in total. The lowest BCUT2D eigenvalue weighted by Gasteiger charge is -2.11. The summed E-state index contributed by atoms with van der Waals surface area (Å²) in [4.78, 5) is 26.2. The molecule has 1 amide bonds. The zero-order valence-electron chi connectivity index (χ0n) is 16.1. The van der Waals surface area contributed by atoms with Gasteiger partial charge < -0.3 is 10.1 Å². The van der Waals surface area contributed by atoms with Crippen LogP contribution >= 0.6 is 0 Å². The van der Waals surface area contributed by atoms with E-state index in [2.05, 4.69) is 20.0 Å². The number of anilines is 1. The number of aromatic amines is 1. The largest absolute Gasteiger partial charge is 0.457 e. The lowest BCUT2D eigenvalue weighted by Crippen LogP contribution is -2.12. The van der Waals surface area contributed by atoms with E-state index in [1.54, 1.807) is 30.3 Å². The second-order valence-electron chi connectivity index (χ2n) is 6.63. The molecule has 0 atom stereocenters. The number of nitrogens with one attached hydrogen (secondary N) is 2. The lowest BCUT2D eigenvalue weighted by molar-refractivity contribution is -0.137. The van der Waals surface area contributed by atoms with Crippen molar-refractivity contribution in [1.82, 2.24) is 10.1 Å². The molecule has 4 aromatic rings. The summed E-state index contributed by atoms with van der Waals surface area (Å²) in [5.74, 6) is -0.766. The number of hydrogen-bond acceptors (Lipinski definition) is 5. The third kappa shape index (κ3) is 4.86. The van der Waals surface area contributed by atoms with Gasteiger partial charge in [-0.2, -0.15) is 13.2 Å². The molecule has 0 aliphatic carbocycles. The summed E-state index contributed by atoms with van der Waals surface area (Å²) in [7, 11) is 0. The van der Waals surface area contributed by atoms with Gasteiger partial charge in [-0.25, -0.2) is 4.79 Å². The maximum absolute atomic E-state index is 12.9. The zero-order valence-corrected chi connectivity index (χ0v) is 16.1. The second kappa shape index (κ2) is 8.42. The van der Waals surface area contributed by atoms with Crippen molar-refractivity contribution >= 4 is 11.6 Å². The maximum atomic E-state index is 12.9. The van der Waals surface area contributed by atoms with Crippen molar-refractivity contribution < 1.29 is 27.2 Å². The van der Waals surface area contributed by atoms with E-state index in [0.29, 0.717) is 11.3 Å². The van der Waals surface area contributed by atoms with Gasteiger partial charge >= 0.3 is 11.9 Å². The van der Waals surface area contributed by atoms with Gasteiger partial charge in [-0.05, 0) is 48.5 Å². The minimum atomic E-state index is -4.49. The SMILES string of the molecule is O=C(Nc1cccc(-c2noc(=O)[nH]2)c1)c1cccc(Oc2cccc(C(F)(F)F)c2)c1. The molecule has 162 valence electrons. The van der Waals surface area contributed by atoms with E-state index < -0.39 is 23.4 Å². The third-order valence-electron chi connectivity index (χ3n) is 4.33. The van der Waals surface area contributed by atoms with Gasteiger partial charge in [0.15, 0.2) is 5.82 Å². The van der Waals surface area contributed by atoms with Crippen LogP contribution in [0.2, 0.25) is 0 Å². The molecular formula is C22H14F3N3O4. The fourth-order valence-corrected chi connectivity index (χ4v) is 2.87. The number of benzene rings is 3. The molecular weight excluding hydrogens is 427 g/mol. The smallest absolute Gasteiger partial charge is 0.439 e. The van der Waals surface area contributed by atoms with E-state index >= 15 is 0 Å². The van der Waals surface area contributed by atoms with Gasteiger partial charge in [0.2, 0.25) is 0 Å². The number of aromatic nitrogens is 2. The molecule has 0 aliphatic heterocycles. The molecule has 0 saturated carbocycles. The number of halogens is 3. The van der Waals surface area contributed by atoms with E-state index in [-0.39, 0.29) is 22.9 Å². The first kappa shape index (κ1) is 20.9. The van der Waals surface area contributed by atoms with Crippen LogP contribution in [0, 0.1) is 0 Å². The number of carbonyl (C=O) groups is 1. The highest BCUT2D eigenvalue weighted by Gasteiger charge is 2.30. The maximum Gasteiger partial charge on any atom is 0.439 e. The summed E-state index contributed by atoms with van der Waals surface area (Å²) in [6.45, 7) is 0. The Morgan fingerprint density at radius 3 is 2.41 bits per heavy atom. The number of rotatable bonds is 5. The zero-order chi connectivity index (χ0) is 22.7. The highest BCUT2D eigenvalue weighted by Crippen LogP contribution is 2.33. The average molecular weight is 441 g/mol. The van der Waals surface area contributed by atoms with Gasteiger partial charge in [-0.15, -0.1) is 0 Å². The van der Waals surface area contributed by atoms with Gasteiger partial charge in [0.1, 0.15) is 11.5 Å². The molecule has 0 radical (unpaired) electrons. The fourth-order valence-electron chi connectivity index (χ4n) is 2.87. The third-order valence-corrected chi connectivity index (χ3v) is 4.33. The summed E-state index contributed by atoms with van der Waals surface area (Å²) >= 11 is 0. The lowest BCUT2D eigenvalue weighted by atomic mass is 10.1. The molecule has 0 unspecified atom stereocenters. The Morgan fingerprint density at radius 2 is 1.69 bits per heavy atom. The van der Waals surface area contributed by atoms with E-state index in [0.717, 1.165) is 12.1 Å². The monoisotopic (exact) mass is 441 g/mol. The van der Waals surface area contributed by atoms with Crippen molar-refractivity contribution in [2.45, 2.75) is 6.18 Å². The Morgan fingerprint density at radius 1 is 0.969 bits per heavy atom. The van der Waals surface area contributed by atoms with Crippen molar-refractivity contribution in [2.24, 2.45) is 0 Å². The number of nitrogens with zero attached hydrogens (tertiary/aromatic N) is 1. The minimum Gasteiger partial charge on any atom is -0.457 e. The van der Waals surface area contributed by atoms with Crippen LogP contribution in [-0.2, 0) is 6.18 Å². The molecule has 1 heterocycles. The van der Waals surface area contributed by atoms with Crippen molar-refractivity contribution in [2.75, 3.05) is 5.32 Å². The average Bonchev–Trinajstić information content (AvgIpc) is 3.20. The number of amides is 1. The first-order chi connectivity index (χ1) is 15.3. The van der Waals surface area contributed by atoms with Gasteiger partial charge in [0, 0.05) is 16.8 Å². The molecule has 4 rings (SSSR count). The van der Waals surface area contributed by atoms with E-state index in [1.165, 1.54) is 30.3 Å². The standard InChI is InChI=1S/C22H14F3N3O4/c23-22(24,25)15-6-3-9-18(12-15)31-17-8-2-5-14(11-17)20(29)26-16-7-1-4-13(10-16)19-27-21(30)32-28-19/h1-12H,(H,26,29)(H,27,28,30). The second-order valence-corrected chi connectivity index (χ2v) is 6.63. The van der Waals surface area contributed by atoms with Crippen molar-refractivity contribution in [3.8, 4) is 22.9 Å². The number of carbonyl (C=O) groups excluding carboxylic acids is 1. The van der Waals surface area contributed by atoms with Crippen molar-refractivity contribution in [3.63, 3.8) is 0 Å². The fraction of sp³-hybridized carbons (Fsp3) is 0.0455. The van der Waals surface area contributed by atoms with E-state index in [1.807, 2.05) is 0 Å². The number of ether oxygens (including phenoxy) is 1. The van der Waals surface area contributed by atoms with Crippen LogP contribution < -0.4 is 15.8 Å². The van der Waals surface area contributed by atoms with Gasteiger partial charge in [0.05, 0.1) is 5.56 Å². The molecule has 0 aliphatic rings. The van der Waals surface area contributed by atoms with Gasteiger partial charge in [0.25, 0.3) is 5.91 Å². The topological polar surface area (TPSA) is 97.2 Å². The number of H-pyrrole nitrogens is 1. The van der Waals surface area contributed by atoms with Crippen LogP contribution in [0.25, 0.3) is 11.4 Å². The summed E-state index contributed by atoms with van der Waals surface area (Å²) in [5.41, 5.74) is 0.350. The first-order valence-corrected chi connectivity index (χ1v) is 9.21. The molecule has 0 fully saturated rings. The molecule has 0 saturated heterocycles. The summed E-state index contributed by atoms with van der Waals surface area (Å²) in [6.07, 6.45) is -4.49. The van der Waals surface area contributed by atoms with Crippen molar-refractivity contribution in [1.29, 1.82) is 0 Å². The van der Waals surface area contributed by atoms with Crippen LogP contribution in [0.5, 0.6) is 11.5 Å². The van der Waals surface area contributed by atoms with Crippen LogP contribution in [0.15, 0.2) is 82.1 Å². The Labute approximate surface area is 178 Å². The first-order valence-electron chi connectivity index (χ1n) is 9.21. The van der Waals surface area contributed by atoms with Crippen LogP contribution in [0.1, 0.15) is 15.9 Å². The molecule has 32 heavy (non-hydrogen) atoms. The molecule has 3 aromatic carbocycles. The minimum absolute atomic E-state index is 0.00770. The molecule has 1 aromatic heterocycles. The normalized spacial score (nSPS) is 11.2. The van der Waals surface area contributed by atoms with E-state index in [9.17, 15) is 22.8 Å². The number of alkyl halides is 3. The van der Waals surface area contributed by atoms with Gasteiger partial charge in [-0.1, -0.05) is 29.4 Å². The molecule has 2 N–H and O–H groups in total. The predicted octanol–water partition coefficient (Wildman–Crippen LogP) is 5.09. The Hall–Kier alpha value is -4.34. The van der Waals surface area contributed by atoms with Crippen LogP contribution in [0.4, 0.5) is 18.9 Å². The number of hydrogen-bond donors (Lipinski definition) is 2. The highest BCUT2D eigenvalue weighted by molar-refractivity contribution is 6.04. The Balaban J connectivity index is 1.50. The summed E-state index contributed by atoms with van der Waals surface area (Å²) in [6, 6.07) is 17.0. The molecule has 0 spiro atoms. The van der Waals surface area contributed by atoms with Gasteiger partial charge in [-0.3, -0.25) is 14.3 Å². The predicted molar refractivity (Wildman–Crippen MR) is 108 cm³/mol. The quantitative estimate of drug-likeness (QED) is 0.450.